The number of halogens is 12. The first-order chi connectivity index (χ1) is 34.0. The summed E-state index contributed by atoms with van der Waals surface area (Å²) in [5.74, 6) is 0.479. The van der Waals surface area contributed by atoms with E-state index in [2.05, 4.69) is 34.0 Å². The maximum atomic E-state index is 13.4. The SMILES string of the molecule is CCCCCCCCCCOC[C@@H]1CC[C@@H](COCCCCCCCCCC)[N+]1=C(NCCN=C([O-])Nc1cc(C(F)(F)F)cc(C(F)(F)F)c1)[NH2+]CCNC(=O)Nc1cc(C(F)(F)F)cc(C(F)(F)F)c1. The second-order valence-corrected chi connectivity index (χ2v) is 18.0. The van der Waals surface area contributed by atoms with Crippen LogP contribution >= 0.6 is 0 Å². The lowest BCUT2D eigenvalue weighted by Crippen LogP contribution is -2.94. The molecular weight excluding hydrogens is 979 g/mol. The summed E-state index contributed by atoms with van der Waals surface area (Å²) in [4.78, 5) is 16.6. The number of aliphatic imine (C=N–C) groups is 1. The summed E-state index contributed by atoms with van der Waals surface area (Å²) in [6.07, 6.45) is -1.42. The fraction of sp³-hybridized carbons (Fsp3) is 0.694. The quantitative estimate of drug-likeness (QED) is 0.0174. The minimum Gasteiger partial charge on any atom is -0.846 e. The molecule has 0 unspecified atom stereocenters. The normalized spacial score (nSPS) is 15.8. The third kappa shape index (κ3) is 24.0. The topological polar surface area (TPSA) is 139 Å². The lowest BCUT2D eigenvalue weighted by molar-refractivity contribution is -0.666. The number of amides is 2. The predicted molar refractivity (Wildman–Crippen MR) is 250 cm³/mol. The van der Waals surface area contributed by atoms with Crippen molar-refractivity contribution in [3.63, 3.8) is 0 Å². The first-order valence-electron chi connectivity index (χ1n) is 25.0. The minimum atomic E-state index is -5.14. The maximum Gasteiger partial charge on any atom is 0.441 e. The lowest BCUT2D eigenvalue weighted by atomic mass is 10.1. The molecule has 1 saturated heterocycles. The van der Waals surface area contributed by atoms with Crippen molar-refractivity contribution in [2.24, 2.45) is 4.99 Å². The van der Waals surface area contributed by atoms with Gasteiger partial charge in [0.25, 0.3) is 0 Å². The first-order valence-corrected chi connectivity index (χ1v) is 25.0. The minimum absolute atomic E-state index is 0.0621. The number of unbranched alkanes of at least 4 members (excludes halogenated alkanes) is 14. The molecule has 2 amide bonds. The molecular formula is C49H72F12N7O4+. The van der Waals surface area contributed by atoms with Gasteiger partial charge < -0.3 is 30.5 Å². The van der Waals surface area contributed by atoms with E-state index >= 15 is 0 Å². The van der Waals surface area contributed by atoms with Crippen LogP contribution in [0.3, 0.4) is 0 Å². The largest absolute Gasteiger partial charge is 0.846 e. The zero-order valence-corrected chi connectivity index (χ0v) is 41.1. The summed E-state index contributed by atoms with van der Waals surface area (Å²) >= 11 is 0. The molecule has 2 aromatic rings. The van der Waals surface area contributed by atoms with Crippen LogP contribution in [-0.2, 0) is 34.2 Å². The van der Waals surface area contributed by atoms with E-state index in [0.29, 0.717) is 69.5 Å². The fourth-order valence-corrected chi connectivity index (χ4v) is 8.19. The van der Waals surface area contributed by atoms with Crippen molar-refractivity contribution in [3.8, 4) is 0 Å². The Morgan fingerprint density at radius 1 is 0.583 bits per heavy atom. The first kappa shape index (κ1) is 61.8. The molecule has 0 radical (unpaired) electrons. The van der Waals surface area contributed by atoms with E-state index in [1.165, 1.54) is 51.4 Å². The Morgan fingerprint density at radius 3 is 1.38 bits per heavy atom. The van der Waals surface area contributed by atoms with Gasteiger partial charge in [0.15, 0.2) is 0 Å². The Labute approximate surface area is 414 Å². The standard InChI is InChI=1S/C49H71F12N7O4/c1-3-5-7-9-11-13-15-17-25-71-33-41-19-20-42(34-72-26-18-16-14-12-10-8-6-4-2)68(41)43(62-21-23-64-44(69)66-39-29-35(46(50,51)52)27-36(30-39)47(53,54)55)63-22-24-65-45(70)67-40-31-37(48(56,57)58)28-38(32-40)49(59,60)61/h27-32,41-42H,3-26,33-34H2,1-2H3,(H5,62,63,64,65,66,67,69,70)/p+1/t41-,42-/m0/s1. The highest BCUT2D eigenvalue weighted by Gasteiger charge is 2.40. The molecule has 23 heteroatoms. The Hall–Kier alpha value is -4.51. The van der Waals surface area contributed by atoms with E-state index in [0.717, 1.165) is 51.4 Å². The Balaban J connectivity index is 1.82. The van der Waals surface area contributed by atoms with E-state index in [-0.39, 0.29) is 50.4 Å². The van der Waals surface area contributed by atoms with E-state index in [1.807, 2.05) is 10.6 Å². The number of benzene rings is 2. The number of hydrogen-bond acceptors (Lipinski definition) is 5. The number of amidine groups is 1. The molecule has 410 valence electrons. The van der Waals surface area contributed by atoms with Gasteiger partial charge in [0.1, 0.15) is 25.2 Å². The predicted octanol–water partition coefficient (Wildman–Crippen LogP) is 11.1. The zero-order chi connectivity index (χ0) is 53.2. The summed E-state index contributed by atoms with van der Waals surface area (Å²) in [5.41, 5.74) is -7.98. The van der Waals surface area contributed by atoms with E-state index in [1.54, 1.807) is 5.32 Å². The number of nitrogens with one attached hydrogen (secondary N) is 4. The molecule has 1 aliphatic rings. The van der Waals surface area contributed by atoms with Crippen LogP contribution in [0.1, 0.15) is 152 Å². The van der Waals surface area contributed by atoms with Crippen LogP contribution in [0.5, 0.6) is 0 Å². The van der Waals surface area contributed by atoms with Gasteiger partial charge in [0, 0.05) is 24.6 Å². The molecule has 1 fully saturated rings. The molecule has 1 heterocycles. The van der Waals surface area contributed by atoms with Gasteiger partial charge in [0.2, 0.25) is 0 Å². The number of rotatable bonds is 30. The summed E-state index contributed by atoms with van der Waals surface area (Å²) in [6, 6.07) is -1.35. The van der Waals surface area contributed by atoms with Gasteiger partial charge in [-0.2, -0.15) is 52.7 Å². The molecule has 1 aliphatic heterocycles. The van der Waals surface area contributed by atoms with Crippen LogP contribution in [0.4, 0.5) is 68.9 Å². The second kappa shape index (κ2) is 31.3. The summed E-state index contributed by atoms with van der Waals surface area (Å²) < 4.78 is 176. The maximum absolute atomic E-state index is 13.4. The molecule has 0 aromatic heterocycles. The molecule has 72 heavy (non-hydrogen) atoms. The van der Waals surface area contributed by atoms with E-state index < -0.39 is 70.4 Å². The Morgan fingerprint density at radius 2 is 0.972 bits per heavy atom. The highest BCUT2D eigenvalue weighted by atomic mass is 19.4. The van der Waals surface area contributed by atoms with Crippen LogP contribution < -0.4 is 31.7 Å². The molecule has 0 saturated carbocycles. The molecule has 0 aliphatic carbocycles. The molecule has 3 rings (SSSR count). The van der Waals surface area contributed by atoms with Gasteiger partial charge in [-0.15, -0.1) is 0 Å². The molecule has 2 atom stereocenters. The van der Waals surface area contributed by atoms with Gasteiger partial charge in [-0.05, 0) is 62.1 Å². The second-order valence-electron chi connectivity index (χ2n) is 18.0. The number of guanidine groups is 1. The van der Waals surface area contributed by atoms with Gasteiger partial charge in [-0.25, -0.2) is 20.0 Å². The third-order valence-electron chi connectivity index (χ3n) is 11.9. The monoisotopic (exact) mass is 1050 g/mol. The smallest absolute Gasteiger partial charge is 0.441 e. The Bertz CT molecular complexity index is 1860. The van der Waals surface area contributed by atoms with Gasteiger partial charge >= 0.3 is 36.7 Å². The number of carbonyl (C=O) groups excluding carboxylic acids is 1. The summed E-state index contributed by atoms with van der Waals surface area (Å²) in [5, 5.41) is 24.1. The number of nitrogens with two attached hydrogens (primary N) is 1. The average molecular weight is 1050 g/mol. The van der Waals surface area contributed by atoms with Crippen molar-refractivity contribution in [1.29, 1.82) is 0 Å². The molecule has 2 aromatic carbocycles. The number of nitrogens with zero attached hydrogens (tertiary/aromatic N) is 2. The molecule has 0 spiro atoms. The summed E-state index contributed by atoms with van der Waals surface area (Å²) in [6.45, 7) is 5.55. The lowest BCUT2D eigenvalue weighted by Gasteiger charge is -2.19. The zero-order valence-electron chi connectivity index (χ0n) is 41.1. The number of alkyl halides is 12. The number of urea groups is 1. The fourth-order valence-electron chi connectivity index (χ4n) is 8.19. The average Bonchev–Trinajstić information content (AvgIpc) is 3.70. The van der Waals surface area contributed by atoms with E-state index in [9.17, 15) is 62.6 Å². The van der Waals surface area contributed by atoms with Crippen LogP contribution in [0.15, 0.2) is 41.4 Å². The number of anilines is 2. The highest BCUT2D eigenvalue weighted by Crippen LogP contribution is 2.39. The van der Waals surface area contributed by atoms with Gasteiger partial charge in [0.05, 0.1) is 54.6 Å². The van der Waals surface area contributed by atoms with Crippen LogP contribution in [0, 0.1) is 0 Å². The number of carbonyl (C=O) groups is 1. The molecule has 0 bridgehead atoms. The molecule has 11 nitrogen and oxygen atoms in total. The van der Waals surface area contributed by atoms with Gasteiger partial charge in [-0.1, -0.05) is 104 Å². The van der Waals surface area contributed by atoms with Crippen molar-refractivity contribution in [2.75, 3.05) is 63.2 Å². The highest BCUT2D eigenvalue weighted by molar-refractivity contribution is 5.89. The van der Waals surface area contributed by atoms with E-state index in [4.69, 9.17) is 9.47 Å². The van der Waals surface area contributed by atoms with Crippen molar-refractivity contribution >= 4 is 29.4 Å². The van der Waals surface area contributed by atoms with Crippen molar-refractivity contribution in [3.05, 3.63) is 58.7 Å². The van der Waals surface area contributed by atoms with Crippen LogP contribution in [0.2, 0.25) is 0 Å². The Kier molecular flexibility index (Phi) is 26.8. The van der Waals surface area contributed by atoms with Crippen molar-refractivity contribution in [1.82, 2.24) is 10.6 Å². The van der Waals surface area contributed by atoms with Crippen molar-refractivity contribution in [2.45, 2.75) is 166 Å². The third-order valence-corrected chi connectivity index (χ3v) is 11.9. The molecule has 6 N–H and O–H groups in total. The van der Waals surface area contributed by atoms with Gasteiger partial charge in [-0.3, -0.25) is 4.99 Å². The van der Waals surface area contributed by atoms with Crippen LogP contribution in [-0.4, -0.2) is 87.3 Å². The van der Waals surface area contributed by atoms with Crippen LogP contribution in [0.25, 0.3) is 0 Å². The van der Waals surface area contributed by atoms with Crippen molar-refractivity contribution < 1.29 is 82.0 Å². The number of hydrogen-bond donors (Lipinski definition) is 5. The number of ether oxygens (including phenoxy) is 2. The number of quaternary nitrogens is 1. The summed E-state index contributed by atoms with van der Waals surface area (Å²) in [7, 11) is 0.